The van der Waals surface area contributed by atoms with E-state index >= 15 is 0 Å². The largest absolute Gasteiger partial charge is 0.319 e. The minimum absolute atomic E-state index is 0.0521. The third kappa shape index (κ3) is 6.27. The van der Waals surface area contributed by atoms with Crippen molar-refractivity contribution in [3.8, 4) is 0 Å². The molecule has 0 spiro atoms. The van der Waals surface area contributed by atoms with E-state index in [0.29, 0.717) is 29.3 Å². The van der Waals surface area contributed by atoms with Crippen LogP contribution in [0.15, 0.2) is 42.6 Å². The molecule has 1 aromatic carbocycles. The third-order valence-electron chi connectivity index (χ3n) is 7.43. The summed E-state index contributed by atoms with van der Waals surface area (Å²) in [7, 11) is 0. The predicted octanol–water partition coefficient (Wildman–Crippen LogP) is 4.93. The first-order valence-corrected chi connectivity index (χ1v) is 13.2. The zero-order chi connectivity index (χ0) is 24.6. The molecular formula is C28H39N5O2. The molecule has 7 heteroatoms. The molecule has 2 aliphatic heterocycles. The fourth-order valence-electron chi connectivity index (χ4n) is 5.27. The summed E-state index contributed by atoms with van der Waals surface area (Å²) in [6.45, 7) is 10.2. The van der Waals surface area contributed by atoms with Crippen LogP contribution in [0, 0.1) is 5.92 Å². The summed E-state index contributed by atoms with van der Waals surface area (Å²) in [5.74, 6) is 0.972. The summed E-state index contributed by atoms with van der Waals surface area (Å²) in [5.41, 5.74) is 1.63. The molecule has 35 heavy (non-hydrogen) atoms. The number of carbonyl (C=O) groups excluding carboxylic acids is 2. The van der Waals surface area contributed by atoms with Gasteiger partial charge in [-0.2, -0.15) is 0 Å². The van der Waals surface area contributed by atoms with Gasteiger partial charge in [0.05, 0.1) is 23.5 Å². The standard InChI is InChI=1S/C28H39N5O2/c1-3-31(4-2)18-9-5-6-11-22-15-19-32(20-16-22)21-26(34)33-25-14-8-7-12-23(25)28(35)30-24-13-10-17-29-27(24)33/h7-8,10,12-14,17,22H,3-6,9,11,15-16,18-21H2,1-2H3,(H,30,35). The molecule has 2 amide bonds. The summed E-state index contributed by atoms with van der Waals surface area (Å²) < 4.78 is 0. The van der Waals surface area contributed by atoms with E-state index in [0.717, 1.165) is 44.9 Å². The van der Waals surface area contributed by atoms with Crippen LogP contribution in [0.4, 0.5) is 17.2 Å². The molecule has 188 valence electrons. The van der Waals surface area contributed by atoms with Gasteiger partial charge in [-0.1, -0.05) is 45.2 Å². The second kappa shape index (κ2) is 12.3. The maximum atomic E-state index is 13.6. The van der Waals surface area contributed by atoms with Gasteiger partial charge in [0.15, 0.2) is 5.82 Å². The highest BCUT2D eigenvalue weighted by atomic mass is 16.2. The molecule has 0 unspecified atom stereocenters. The number of likely N-dealkylation sites (tertiary alicyclic amines) is 1. The number of unbranched alkanes of at least 4 members (excludes halogenated alkanes) is 2. The molecule has 3 heterocycles. The van der Waals surface area contributed by atoms with E-state index in [-0.39, 0.29) is 11.8 Å². The number of anilines is 3. The van der Waals surface area contributed by atoms with E-state index < -0.39 is 0 Å². The van der Waals surface area contributed by atoms with Crippen molar-refractivity contribution in [3.05, 3.63) is 48.2 Å². The molecule has 0 radical (unpaired) electrons. The molecular weight excluding hydrogens is 438 g/mol. The van der Waals surface area contributed by atoms with Crippen molar-refractivity contribution in [2.75, 3.05) is 49.5 Å². The lowest BCUT2D eigenvalue weighted by Crippen LogP contribution is -2.42. The molecule has 0 saturated carbocycles. The van der Waals surface area contributed by atoms with Gasteiger partial charge in [0.25, 0.3) is 5.91 Å². The Bertz CT molecular complexity index is 998. The van der Waals surface area contributed by atoms with Gasteiger partial charge in [0.1, 0.15) is 0 Å². The van der Waals surface area contributed by atoms with E-state index in [4.69, 9.17) is 0 Å². The molecule has 7 nitrogen and oxygen atoms in total. The molecule has 1 fully saturated rings. The quantitative estimate of drug-likeness (QED) is 0.492. The minimum atomic E-state index is -0.219. The number of rotatable bonds is 10. The van der Waals surface area contributed by atoms with E-state index in [9.17, 15) is 9.59 Å². The van der Waals surface area contributed by atoms with Crippen molar-refractivity contribution < 1.29 is 9.59 Å². The van der Waals surface area contributed by atoms with E-state index in [1.807, 2.05) is 18.2 Å². The Morgan fingerprint density at radius 1 is 1.06 bits per heavy atom. The van der Waals surface area contributed by atoms with Crippen LogP contribution in [0.3, 0.4) is 0 Å². The Balaban J connectivity index is 1.32. The number of fused-ring (bicyclic) bond motifs is 2. The Morgan fingerprint density at radius 3 is 2.60 bits per heavy atom. The summed E-state index contributed by atoms with van der Waals surface area (Å²) in [4.78, 5) is 37.2. The summed E-state index contributed by atoms with van der Waals surface area (Å²) in [5, 5.41) is 2.90. The van der Waals surface area contributed by atoms with E-state index in [2.05, 4.69) is 33.9 Å². The van der Waals surface area contributed by atoms with Gasteiger partial charge in [-0.3, -0.25) is 19.4 Å². The zero-order valence-electron chi connectivity index (χ0n) is 21.2. The smallest absolute Gasteiger partial charge is 0.257 e. The van der Waals surface area contributed by atoms with Crippen LogP contribution in [-0.4, -0.2) is 65.9 Å². The molecule has 1 aromatic heterocycles. The summed E-state index contributed by atoms with van der Waals surface area (Å²) in [6.07, 6.45) is 9.15. The predicted molar refractivity (Wildman–Crippen MR) is 141 cm³/mol. The minimum Gasteiger partial charge on any atom is -0.319 e. The number of benzene rings is 1. The van der Waals surface area contributed by atoms with Crippen LogP contribution in [0.25, 0.3) is 0 Å². The highest BCUT2D eigenvalue weighted by Crippen LogP contribution is 2.36. The molecule has 0 bridgehead atoms. The molecule has 0 atom stereocenters. The van der Waals surface area contributed by atoms with Gasteiger partial charge < -0.3 is 10.2 Å². The van der Waals surface area contributed by atoms with Crippen LogP contribution < -0.4 is 10.2 Å². The van der Waals surface area contributed by atoms with Crippen LogP contribution in [0.2, 0.25) is 0 Å². The average Bonchev–Trinajstić information content (AvgIpc) is 3.01. The van der Waals surface area contributed by atoms with Gasteiger partial charge in [-0.25, -0.2) is 4.98 Å². The first kappa shape index (κ1) is 25.3. The Labute approximate surface area is 209 Å². The van der Waals surface area contributed by atoms with Gasteiger partial charge in [-0.05, 0) is 82.2 Å². The molecule has 0 aliphatic carbocycles. The fourth-order valence-corrected chi connectivity index (χ4v) is 5.27. The van der Waals surface area contributed by atoms with Crippen LogP contribution >= 0.6 is 0 Å². The first-order chi connectivity index (χ1) is 17.1. The first-order valence-electron chi connectivity index (χ1n) is 13.2. The monoisotopic (exact) mass is 477 g/mol. The number of aromatic nitrogens is 1. The van der Waals surface area contributed by atoms with Crippen LogP contribution in [0.1, 0.15) is 62.7 Å². The number of pyridine rings is 1. The zero-order valence-corrected chi connectivity index (χ0v) is 21.2. The number of nitrogens with zero attached hydrogens (tertiary/aromatic N) is 4. The van der Waals surface area contributed by atoms with Gasteiger partial charge in [-0.15, -0.1) is 0 Å². The topological polar surface area (TPSA) is 68.8 Å². The number of piperidine rings is 1. The van der Waals surface area contributed by atoms with Crippen LogP contribution in [-0.2, 0) is 4.79 Å². The summed E-state index contributed by atoms with van der Waals surface area (Å²) in [6, 6.07) is 10.8. The van der Waals surface area contributed by atoms with Crippen molar-refractivity contribution >= 4 is 29.0 Å². The second-order valence-electron chi connectivity index (χ2n) is 9.67. The molecule has 1 N–H and O–H groups in total. The lowest BCUT2D eigenvalue weighted by atomic mass is 9.91. The maximum Gasteiger partial charge on any atom is 0.257 e. The molecule has 1 saturated heterocycles. The van der Waals surface area contributed by atoms with Gasteiger partial charge >= 0.3 is 0 Å². The Morgan fingerprint density at radius 2 is 1.83 bits per heavy atom. The highest BCUT2D eigenvalue weighted by molar-refractivity contribution is 6.17. The summed E-state index contributed by atoms with van der Waals surface area (Å²) >= 11 is 0. The van der Waals surface area contributed by atoms with Crippen molar-refractivity contribution in [2.24, 2.45) is 5.92 Å². The maximum absolute atomic E-state index is 13.6. The lowest BCUT2D eigenvalue weighted by Gasteiger charge is -2.33. The second-order valence-corrected chi connectivity index (χ2v) is 9.67. The Kier molecular flexibility index (Phi) is 8.88. The molecule has 4 rings (SSSR count). The SMILES string of the molecule is CCN(CC)CCCCCC1CCN(CC(=O)N2c3ccccc3C(=O)Nc3cccnc32)CC1. The number of amides is 2. The average molecular weight is 478 g/mol. The van der Waals surface area contributed by atoms with Crippen molar-refractivity contribution in [1.82, 2.24) is 14.8 Å². The van der Waals surface area contributed by atoms with Gasteiger partial charge in [0, 0.05) is 6.20 Å². The lowest BCUT2D eigenvalue weighted by molar-refractivity contribution is -0.119. The normalized spacial score (nSPS) is 16.5. The number of para-hydroxylation sites is 1. The third-order valence-corrected chi connectivity index (χ3v) is 7.43. The number of hydrogen-bond donors (Lipinski definition) is 1. The number of carbonyl (C=O) groups is 2. The molecule has 2 aliphatic rings. The van der Waals surface area contributed by atoms with Gasteiger partial charge in [0.2, 0.25) is 5.91 Å². The highest BCUT2D eigenvalue weighted by Gasteiger charge is 2.31. The van der Waals surface area contributed by atoms with Crippen molar-refractivity contribution in [1.29, 1.82) is 0 Å². The van der Waals surface area contributed by atoms with Crippen molar-refractivity contribution in [3.63, 3.8) is 0 Å². The number of hydrogen-bond acceptors (Lipinski definition) is 5. The van der Waals surface area contributed by atoms with Crippen LogP contribution in [0.5, 0.6) is 0 Å². The van der Waals surface area contributed by atoms with Crippen molar-refractivity contribution in [2.45, 2.75) is 52.4 Å². The van der Waals surface area contributed by atoms with E-state index in [1.54, 1.807) is 29.3 Å². The molecule has 2 aromatic rings. The van der Waals surface area contributed by atoms with E-state index in [1.165, 1.54) is 32.2 Å². The fraction of sp³-hybridized carbons (Fsp3) is 0.536. The Hall–Kier alpha value is -2.77. The number of nitrogens with one attached hydrogen (secondary N) is 1.